The summed E-state index contributed by atoms with van der Waals surface area (Å²) in [4.78, 5) is 34.8. The van der Waals surface area contributed by atoms with Gasteiger partial charge in [-0.1, -0.05) is 0 Å². The Bertz CT molecular complexity index is 709. The number of methoxy groups -OCH3 is 2. The number of nitro groups is 1. The van der Waals surface area contributed by atoms with Crippen LogP contribution in [-0.2, 0) is 4.79 Å². The van der Waals surface area contributed by atoms with Gasteiger partial charge >= 0.3 is 5.97 Å². The number of carbonyl (C=O) groups excluding carboxylic acids is 1. The van der Waals surface area contributed by atoms with Gasteiger partial charge in [0.05, 0.1) is 31.8 Å². The molecule has 10 heteroatoms. The number of halogens is 1. The topological polar surface area (TPSA) is 119 Å². The van der Waals surface area contributed by atoms with Gasteiger partial charge in [0.1, 0.15) is 5.56 Å². The number of nitro benzene ring substituents is 1. The molecule has 24 heavy (non-hydrogen) atoms. The fourth-order valence-electron chi connectivity index (χ4n) is 2.48. The average molecular weight is 342 g/mol. The monoisotopic (exact) mass is 342 g/mol. The maximum absolute atomic E-state index is 14.1. The van der Waals surface area contributed by atoms with Crippen LogP contribution in [-0.4, -0.2) is 59.8 Å². The van der Waals surface area contributed by atoms with Gasteiger partial charge in [-0.3, -0.25) is 14.9 Å². The van der Waals surface area contributed by atoms with Crippen LogP contribution >= 0.6 is 0 Å². The Morgan fingerprint density at radius 2 is 1.92 bits per heavy atom. The number of alkyl halides is 1. The van der Waals surface area contributed by atoms with Crippen LogP contribution in [0.5, 0.6) is 11.5 Å². The van der Waals surface area contributed by atoms with Crippen molar-refractivity contribution < 1.29 is 33.5 Å². The van der Waals surface area contributed by atoms with E-state index in [2.05, 4.69) is 0 Å². The molecule has 2 rings (SSSR count). The van der Waals surface area contributed by atoms with Gasteiger partial charge in [0.25, 0.3) is 11.6 Å². The van der Waals surface area contributed by atoms with Crippen molar-refractivity contribution in [2.75, 3.05) is 27.3 Å². The summed E-state index contributed by atoms with van der Waals surface area (Å²) < 4.78 is 24.1. The molecule has 1 aromatic rings. The Morgan fingerprint density at radius 1 is 1.33 bits per heavy atom. The normalized spacial score (nSPS) is 19.9. The molecule has 0 aromatic heterocycles. The van der Waals surface area contributed by atoms with Crippen LogP contribution in [0.2, 0.25) is 0 Å². The van der Waals surface area contributed by atoms with Gasteiger partial charge in [0.2, 0.25) is 5.67 Å². The number of hydrogen-bond acceptors (Lipinski definition) is 6. The largest absolute Gasteiger partial charge is 0.493 e. The van der Waals surface area contributed by atoms with E-state index in [9.17, 15) is 24.1 Å². The second-order valence-electron chi connectivity index (χ2n) is 5.23. The fraction of sp³-hybridized carbons (Fsp3) is 0.429. The number of aliphatic carboxylic acids is 1. The lowest BCUT2D eigenvalue weighted by molar-refractivity contribution is -0.385. The van der Waals surface area contributed by atoms with Crippen LogP contribution in [0.25, 0.3) is 0 Å². The molecule has 0 radical (unpaired) electrons. The van der Waals surface area contributed by atoms with Crippen molar-refractivity contribution in [2.45, 2.75) is 12.1 Å². The SMILES string of the molecule is COc1cc(C(=O)N2CCC(F)(C(=O)O)C2)c([N+](=O)[O-])cc1OC. The lowest BCUT2D eigenvalue weighted by atomic mass is 10.1. The van der Waals surface area contributed by atoms with Gasteiger partial charge in [-0.2, -0.15) is 0 Å². The second kappa shape index (κ2) is 6.30. The molecular formula is C14H15FN2O7. The zero-order valence-corrected chi connectivity index (χ0v) is 12.9. The van der Waals surface area contributed by atoms with Gasteiger partial charge in [0, 0.05) is 19.0 Å². The third-order valence-electron chi connectivity index (χ3n) is 3.82. The molecule has 0 spiro atoms. The highest BCUT2D eigenvalue weighted by atomic mass is 19.1. The van der Waals surface area contributed by atoms with Crippen molar-refractivity contribution >= 4 is 17.6 Å². The highest BCUT2D eigenvalue weighted by molar-refractivity contribution is 5.99. The summed E-state index contributed by atoms with van der Waals surface area (Å²) in [6.07, 6.45) is -0.380. The number of likely N-dealkylation sites (tertiary alicyclic amines) is 1. The third-order valence-corrected chi connectivity index (χ3v) is 3.82. The molecular weight excluding hydrogens is 327 g/mol. The van der Waals surface area contributed by atoms with Gasteiger partial charge in [0.15, 0.2) is 11.5 Å². The molecule has 1 unspecified atom stereocenters. The highest BCUT2D eigenvalue weighted by Gasteiger charge is 2.47. The first-order chi connectivity index (χ1) is 11.2. The minimum absolute atomic E-state index is 0.0625. The lowest BCUT2D eigenvalue weighted by Crippen LogP contribution is -2.39. The molecule has 1 aromatic carbocycles. The molecule has 0 bridgehead atoms. The van der Waals surface area contributed by atoms with Crippen molar-refractivity contribution in [2.24, 2.45) is 0 Å². The molecule has 1 aliphatic heterocycles. The number of nitrogens with zero attached hydrogens (tertiary/aromatic N) is 2. The van der Waals surface area contributed by atoms with E-state index in [1.165, 1.54) is 14.2 Å². The zero-order valence-electron chi connectivity index (χ0n) is 12.9. The van der Waals surface area contributed by atoms with Gasteiger partial charge < -0.3 is 19.5 Å². The van der Waals surface area contributed by atoms with Crippen molar-refractivity contribution in [3.63, 3.8) is 0 Å². The van der Waals surface area contributed by atoms with Crippen LogP contribution in [0.4, 0.5) is 10.1 Å². The first kappa shape index (κ1) is 17.4. The van der Waals surface area contributed by atoms with Gasteiger partial charge in [-0.15, -0.1) is 0 Å². The number of benzene rings is 1. The predicted molar refractivity (Wildman–Crippen MR) is 78.2 cm³/mol. The van der Waals surface area contributed by atoms with Crippen molar-refractivity contribution in [1.29, 1.82) is 0 Å². The Labute approximate surface area is 135 Å². The number of carboxylic acids is 1. The molecule has 1 amide bonds. The Kier molecular flexibility index (Phi) is 4.58. The molecule has 130 valence electrons. The maximum Gasteiger partial charge on any atom is 0.343 e. The minimum Gasteiger partial charge on any atom is -0.493 e. The standard InChI is InChI=1S/C14H15FN2O7/c1-23-10-5-8(9(17(21)22)6-11(10)24-2)12(18)16-4-3-14(15,7-16)13(19)20/h5-6H,3-4,7H2,1-2H3,(H,19,20). The molecule has 1 fully saturated rings. The van der Waals surface area contributed by atoms with Crippen LogP contribution in [0.1, 0.15) is 16.8 Å². The highest BCUT2D eigenvalue weighted by Crippen LogP contribution is 2.36. The Balaban J connectivity index is 2.42. The van der Waals surface area contributed by atoms with E-state index < -0.39 is 34.7 Å². The molecule has 1 saturated heterocycles. The van der Waals surface area contributed by atoms with Crippen molar-refractivity contribution in [3.05, 3.63) is 27.8 Å². The number of hydrogen-bond donors (Lipinski definition) is 1. The van der Waals surface area contributed by atoms with E-state index in [1.54, 1.807) is 0 Å². The van der Waals surface area contributed by atoms with E-state index in [-0.39, 0.29) is 30.0 Å². The number of carbonyl (C=O) groups is 2. The maximum atomic E-state index is 14.1. The summed E-state index contributed by atoms with van der Waals surface area (Å²) in [6, 6.07) is 2.15. The number of ether oxygens (including phenoxy) is 2. The van der Waals surface area contributed by atoms with Crippen molar-refractivity contribution in [1.82, 2.24) is 4.90 Å². The summed E-state index contributed by atoms with van der Waals surface area (Å²) in [6.45, 7) is -0.834. The first-order valence-corrected chi connectivity index (χ1v) is 6.85. The molecule has 0 saturated carbocycles. The molecule has 0 aliphatic carbocycles. The summed E-state index contributed by atoms with van der Waals surface area (Å²) in [5, 5.41) is 20.1. The third kappa shape index (κ3) is 2.94. The summed E-state index contributed by atoms with van der Waals surface area (Å²) in [7, 11) is 2.58. The van der Waals surface area contributed by atoms with Gasteiger partial charge in [-0.05, 0) is 0 Å². The molecule has 1 N–H and O–H groups in total. The van der Waals surface area contributed by atoms with Crippen LogP contribution in [0.3, 0.4) is 0 Å². The molecule has 9 nitrogen and oxygen atoms in total. The van der Waals surface area contributed by atoms with Crippen LogP contribution in [0, 0.1) is 10.1 Å². The fourth-order valence-corrected chi connectivity index (χ4v) is 2.48. The Hall–Kier alpha value is -2.91. The van der Waals surface area contributed by atoms with E-state index in [1.807, 2.05) is 0 Å². The molecule has 1 heterocycles. The van der Waals surface area contributed by atoms with E-state index in [4.69, 9.17) is 14.6 Å². The first-order valence-electron chi connectivity index (χ1n) is 6.85. The van der Waals surface area contributed by atoms with E-state index in [0.29, 0.717) is 0 Å². The summed E-state index contributed by atoms with van der Waals surface area (Å²) >= 11 is 0. The van der Waals surface area contributed by atoms with Crippen molar-refractivity contribution in [3.8, 4) is 11.5 Å². The Morgan fingerprint density at radius 3 is 2.38 bits per heavy atom. The van der Waals surface area contributed by atoms with E-state index >= 15 is 0 Å². The zero-order chi connectivity index (χ0) is 18.1. The summed E-state index contributed by atoms with van der Waals surface area (Å²) in [5.41, 5.74) is -3.42. The number of carboxylic acid groups (broad SMARTS) is 1. The second-order valence-corrected chi connectivity index (χ2v) is 5.23. The molecule has 1 aliphatic rings. The molecule has 1 atom stereocenters. The number of rotatable bonds is 5. The average Bonchev–Trinajstić information content (AvgIpc) is 2.96. The lowest BCUT2D eigenvalue weighted by Gasteiger charge is -2.18. The quantitative estimate of drug-likeness (QED) is 0.631. The summed E-state index contributed by atoms with van der Waals surface area (Å²) in [5.74, 6) is -2.36. The van der Waals surface area contributed by atoms with Crippen LogP contribution < -0.4 is 9.47 Å². The predicted octanol–water partition coefficient (Wildman–Crippen LogP) is 1.25. The minimum atomic E-state index is -2.55. The van der Waals surface area contributed by atoms with E-state index in [0.717, 1.165) is 17.0 Å². The smallest absolute Gasteiger partial charge is 0.343 e. The van der Waals surface area contributed by atoms with Crippen LogP contribution in [0.15, 0.2) is 12.1 Å². The number of amides is 1. The van der Waals surface area contributed by atoms with Gasteiger partial charge in [-0.25, -0.2) is 9.18 Å².